The molecule has 2 amide bonds. The van der Waals surface area contributed by atoms with Gasteiger partial charge in [-0.15, -0.1) is 0 Å². The van der Waals surface area contributed by atoms with Crippen LogP contribution in [0.15, 0.2) is 30.3 Å². The number of aromatic nitrogens is 2. The average Bonchev–Trinajstić information content (AvgIpc) is 3.49. The van der Waals surface area contributed by atoms with Crippen LogP contribution in [-0.4, -0.2) is 66.3 Å². The van der Waals surface area contributed by atoms with Crippen molar-refractivity contribution in [3.05, 3.63) is 41.7 Å². The predicted molar refractivity (Wildman–Crippen MR) is 110 cm³/mol. The third-order valence-corrected chi connectivity index (χ3v) is 5.36. The number of rotatable bonds is 7. The van der Waals surface area contributed by atoms with Crippen LogP contribution in [0, 0.1) is 0 Å². The van der Waals surface area contributed by atoms with Gasteiger partial charge in [0, 0.05) is 42.6 Å². The Morgan fingerprint density at radius 1 is 1.24 bits per heavy atom. The van der Waals surface area contributed by atoms with E-state index in [0.29, 0.717) is 23.8 Å². The maximum Gasteiger partial charge on any atom is 0.274 e. The second-order valence-electron chi connectivity index (χ2n) is 7.50. The molecule has 1 aromatic heterocycles. The second kappa shape index (κ2) is 8.65. The largest absolute Gasteiger partial charge is 0.378 e. The van der Waals surface area contributed by atoms with E-state index in [1.165, 1.54) is 4.90 Å². The summed E-state index contributed by atoms with van der Waals surface area (Å²) in [6, 6.07) is 9.57. The van der Waals surface area contributed by atoms with Crippen molar-refractivity contribution in [2.24, 2.45) is 0 Å². The fourth-order valence-corrected chi connectivity index (χ4v) is 3.49. The molecular weight excluding hydrogens is 370 g/mol. The first-order valence-corrected chi connectivity index (χ1v) is 10.2. The lowest BCUT2D eigenvalue weighted by atomic mass is 10.2. The van der Waals surface area contributed by atoms with Crippen LogP contribution in [0.3, 0.4) is 0 Å². The van der Waals surface area contributed by atoms with Gasteiger partial charge in [-0.1, -0.05) is 0 Å². The minimum absolute atomic E-state index is 0.00777. The summed E-state index contributed by atoms with van der Waals surface area (Å²) in [5.74, 6) is 0.0496. The van der Waals surface area contributed by atoms with Gasteiger partial charge in [-0.05, 0) is 50.1 Å². The standard InChI is InChI=1S/C21H27N5O3/c1-2-25(21(28)19-13-18(23-24-19)15-3-4-15)14-20(27)22-16-5-7-17(8-6-16)26-9-11-29-12-10-26/h5-8,13,15H,2-4,9-12,14H2,1H3,(H,22,27)(H,23,24). The molecule has 2 heterocycles. The van der Waals surface area contributed by atoms with E-state index in [-0.39, 0.29) is 18.4 Å². The average molecular weight is 397 g/mol. The highest BCUT2D eigenvalue weighted by molar-refractivity contribution is 5.98. The zero-order valence-electron chi connectivity index (χ0n) is 16.7. The number of hydrogen-bond acceptors (Lipinski definition) is 5. The minimum Gasteiger partial charge on any atom is -0.378 e. The predicted octanol–water partition coefficient (Wildman–Crippen LogP) is 2.22. The summed E-state index contributed by atoms with van der Waals surface area (Å²) < 4.78 is 5.38. The van der Waals surface area contributed by atoms with Crippen LogP contribution >= 0.6 is 0 Å². The molecule has 154 valence electrons. The number of carbonyl (C=O) groups is 2. The number of morpholine rings is 1. The van der Waals surface area contributed by atoms with Crippen LogP contribution in [0.2, 0.25) is 0 Å². The Bertz CT molecular complexity index is 853. The van der Waals surface area contributed by atoms with E-state index >= 15 is 0 Å². The summed E-state index contributed by atoms with van der Waals surface area (Å²) >= 11 is 0. The van der Waals surface area contributed by atoms with Gasteiger partial charge in [0.15, 0.2) is 0 Å². The van der Waals surface area contributed by atoms with Crippen molar-refractivity contribution in [2.75, 3.05) is 49.6 Å². The number of aromatic amines is 1. The van der Waals surface area contributed by atoms with E-state index in [2.05, 4.69) is 20.4 Å². The number of nitrogens with one attached hydrogen (secondary N) is 2. The van der Waals surface area contributed by atoms with Crippen molar-refractivity contribution in [3.8, 4) is 0 Å². The summed E-state index contributed by atoms with van der Waals surface area (Å²) in [4.78, 5) is 28.9. The van der Waals surface area contributed by atoms with E-state index in [1.807, 2.05) is 37.3 Å². The summed E-state index contributed by atoms with van der Waals surface area (Å²) in [5.41, 5.74) is 3.21. The number of nitrogens with zero attached hydrogens (tertiary/aromatic N) is 3. The molecule has 0 atom stereocenters. The molecule has 4 rings (SSSR count). The highest BCUT2D eigenvalue weighted by Gasteiger charge is 2.27. The van der Waals surface area contributed by atoms with E-state index in [4.69, 9.17) is 4.74 Å². The molecule has 2 aliphatic rings. The second-order valence-corrected chi connectivity index (χ2v) is 7.50. The Morgan fingerprint density at radius 2 is 1.97 bits per heavy atom. The van der Waals surface area contributed by atoms with Crippen molar-refractivity contribution in [2.45, 2.75) is 25.7 Å². The Morgan fingerprint density at radius 3 is 2.62 bits per heavy atom. The molecule has 8 heteroatoms. The smallest absolute Gasteiger partial charge is 0.274 e. The van der Waals surface area contributed by atoms with Gasteiger partial charge in [0.05, 0.1) is 13.2 Å². The van der Waals surface area contributed by atoms with Crippen LogP contribution in [0.1, 0.15) is 41.9 Å². The molecule has 1 saturated heterocycles. The molecule has 0 radical (unpaired) electrons. The molecule has 1 aliphatic heterocycles. The van der Waals surface area contributed by atoms with Crippen molar-refractivity contribution in [1.82, 2.24) is 15.1 Å². The third kappa shape index (κ3) is 4.76. The van der Waals surface area contributed by atoms with E-state index in [1.54, 1.807) is 0 Å². The maximum atomic E-state index is 12.7. The Balaban J connectivity index is 1.32. The summed E-state index contributed by atoms with van der Waals surface area (Å²) in [6.45, 7) is 5.50. The molecule has 0 spiro atoms. The van der Waals surface area contributed by atoms with Crippen molar-refractivity contribution in [1.29, 1.82) is 0 Å². The number of hydrogen-bond donors (Lipinski definition) is 2. The van der Waals surface area contributed by atoms with Crippen LogP contribution in [-0.2, 0) is 9.53 Å². The molecule has 29 heavy (non-hydrogen) atoms. The first-order valence-electron chi connectivity index (χ1n) is 10.2. The zero-order chi connectivity index (χ0) is 20.2. The van der Waals surface area contributed by atoms with Gasteiger partial charge in [-0.3, -0.25) is 14.7 Å². The van der Waals surface area contributed by atoms with E-state index in [9.17, 15) is 9.59 Å². The molecule has 2 N–H and O–H groups in total. The third-order valence-electron chi connectivity index (χ3n) is 5.36. The summed E-state index contributed by atoms with van der Waals surface area (Å²) in [7, 11) is 0. The van der Waals surface area contributed by atoms with E-state index in [0.717, 1.165) is 50.5 Å². The van der Waals surface area contributed by atoms with E-state index < -0.39 is 0 Å². The van der Waals surface area contributed by atoms with Crippen LogP contribution < -0.4 is 10.2 Å². The summed E-state index contributed by atoms with van der Waals surface area (Å²) in [5, 5.41) is 9.95. The quantitative estimate of drug-likeness (QED) is 0.748. The number of H-pyrrole nitrogens is 1. The Labute approximate surface area is 170 Å². The highest BCUT2D eigenvalue weighted by atomic mass is 16.5. The van der Waals surface area contributed by atoms with Gasteiger partial charge >= 0.3 is 0 Å². The lowest BCUT2D eigenvalue weighted by molar-refractivity contribution is -0.116. The molecule has 0 unspecified atom stereocenters. The number of benzene rings is 1. The molecule has 2 aromatic rings. The van der Waals surface area contributed by atoms with Gasteiger partial charge in [-0.25, -0.2) is 0 Å². The van der Waals surface area contributed by atoms with Gasteiger partial charge in [0.25, 0.3) is 5.91 Å². The normalized spacial score (nSPS) is 16.5. The monoisotopic (exact) mass is 397 g/mol. The number of likely N-dealkylation sites (N-methyl/N-ethyl adjacent to an activating group) is 1. The van der Waals surface area contributed by atoms with Crippen LogP contribution in [0.4, 0.5) is 11.4 Å². The van der Waals surface area contributed by atoms with Crippen LogP contribution in [0.25, 0.3) is 0 Å². The molecular formula is C21H27N5O3. The minimum atomic E-state index is -0.228. The fraction of sp³-hybridized carbons (Fsp3) is 0.476. The first kappa shape index (κ1) is 19.4. The molecule has 2 fully saturated rings. The number of carbonyl (C=O) groups excluding carboxylic acids is 2. The van der Waals surface area contributed by atoms with Crippen molar-refractivity contribution >= 4 is 23.2 Å². The SMILES string of the molecule is CCN(CC(=O)Nc1ccc(N2CCOCC2)cc1)C(=O)c1cc(C2CC2)[nH]n1. The molecule has 8 nitrogen and oxygen atoms in total. The first-order chi connectivity index (χ1) is 14.1. The Kier molecular flexibility index (Phi) is 5.80. The highest BCUT2D eigenvalue weighted by Crippen LogP contribution is 2.39. The van der Waals surface area contributed by atoms with Gasteiger partial charge < -0.3 is 19.9 Å². The lowest BCUT2D eigenvalue weighted by Crippen LogP contribution is -2.38. The fourth-order valence-electron chi connectivity index (χ4n) is 3.49. The van der Waals surface area contributed by atoms with Crippen molar-refractivity contribution in [3.63, 3.8) is 0 Å². The number of amides is 2. The molecule has 1 aliphatic carbocycles. The topological polar surface area (TPSA) is 90.6 Å². The summed E-state index contributed by atoms with van der Waals surface area (Å²) in [6.07, 6.45) is 2.28. The Hall–Kier alpha value is -2.87. The van der Waals surface area contributed by atoms with Gasteiger partial charge in [0.2, 0.25) is 5.91 Å². The number of anilines is 2. The maximum absolute atomic E-state index is 12.7. The van der Waals surface area contributed by atoms with Crippen molar-refractivity contribution < 1.29 is 14.3 Å². The molecule has 0 bridgehead atoms. The zero-order valence-corrected chi connectivity index (χ0v) is 16.7. The molecule has 1 saturated carbocycles. The molecule has 1 aromatic carbocycles. The van der Waals surface area contributed by atoms with Crippen LogP contribution in [0.5, 0.6) is 0 Å². The number of ether oxygens (including phenoxy) is 1. The lowest BCUT2D eigenvalue weighted by Gasteiger charge is -2.29. The van der Waals surface area contributed by atoms with Gasteiger partial charge in [0.1, 0.15) is 12.2 Å². The van der Waals surface area contributed by atoms with Gasteiger partial charge in [-0.2, -0.15) is 5.10 Å².